The van der Waals surface area contributed by atoms with Gasteiger partial charge in [-0.2, -0.15) is 0 Å². The van der Waals surface area contributed by atoms with Crippen molar-refractivity contribution in [2.24, 2.45) is 5.92 Å². The summed E-state index contributed by atoms with van der Waals surface area (Å²) in [7, 11) is 1.40. The quantitative estimate of drug-likeness (QED) is 0.785. The van der Waals surface area contributed by atoms with Crippen LogP contribution in [0.2, 0.25) is 0 Å². The second-order valence-electron chi connectivity index (χ2n) is 4.57. The van der Waals surface area contributed by atoms with E-state index in [0.29, 0.717) is 31.5 Å². The molecule has 19 heavy (non-hydrogen) atoms. The van der Waals surface area contributed by atoms with Crippen LogP contribution in [0.4, 0.5) is 0 Å². The smallest absolute Gasteiger partial charge is 0.308 e. The predicted octanol–water partition coefficient (Wildman–Crippen LogP) is 2.47. The normalized spacial score (nSPS) is 16.2. The van der Waals surface area contributed by atoms with Crippen molar-refractivity contribution in [3.05, 3.63) is 34.3 Å². The van der Waals surface area contributed by atoms with Crippen LogP contribution in [0.25, 0.3) is 0 Å². The third kappa shape index (κ3) is 3.15. The van der Waals surface area contributed by atoms with Crippen molar-refractivity contribution in [2.45, 2.75) is 12.8 Å². The first-order valence-corrected chi connectivity index (χ1v) is 7.04. The van der Waals surface area contributed by atoms with Crippen LogP contribution >= 0.6 is 15.9 Å². The molecule has 4 nitrogen and oxygen atoms in total. The molecule has 1 amide bonds. The van der Waals surface area contributed by atoms with Gasteiger partial charge >= 0.3 is 5.97 Å². The Morgan fingerprint density at radius 2 is 1.89 bits per heavy atom. The van der Waals surface area contributed by atoms with Crippen LogP contribution in [0, 0.1) is 5.92 Å². The SMILES string of the molecule is COC(=O)C1CCN(C(=O)c2ccccc2Br)CC1. The van der Waals surface area contributed by atoms with Gasteiger partial charge in [0.15, 0.2) is 0 Å². The molecule has 0 unspecified atom stereocenters. The van der Waals surface area contributed by atoms with E-state index in [9.17, 15) is 9.59 Å². The molecule has 5 heteroatoms. The fourth-order valence-corrected chi connectivity index (χ4v) is 2.74. The number of carbonyl (C=O) groups excluding carboxylic acids is 2. The first-order valence-electron chi connectivity index (χ1n) is 6.25. The standard InChI is InChI=1S/C14H16BrNO3/c1-19-14(18)10-6-8-16(9-7-10)13(17)11-4-2-3-5-12(11)15/h2-5,10H,6-9H2,1H3. The number of rotatable bonds is 2. The van der Waals surface area contributed by atoms with E-state index in [-0.39, 0.29) is 17.8 Å². The van der Waals surface area contributed by atoms with Crippen molar-refractivity contribution in [3.63, 3.8) is 0 Å². The number of methoxy groups -OCH3 is 1. The van der Waals surface area contributed by atoms with Crippen molar-refractivity contribution in [1.29, 1.82) is 0 Å². The maximum absolute atomic E-state index is 12.3. The van der Waals surface area contributed by atoms with Gasteiger partial charge in [0.1, 0.15) is 0 Å². The molecule has 0 saturated carbocycles. The van der Waals surface area contributed by atoms with Crippen LogP contribution in [0.15, 0.2) is 28.7 Å². The Morgan fingerprint density at radius 3 is 2.47 bits per heavy atom. The van der Waals surface area contributed by atoms with Crippen LogP contribution in [0.3, 0.4) is 0 Å². The lowest BCUT2D eigenvalue weighted by atomic mass is 9.96. The van der Waals surface area contributed by atoms with Gasteiger partial charge in [-0.3, -0.25) is 9.59 Å². The number of likely N-dealkylation sites (tertiary alicyclic amines) is 1. The van der Waals surface area contributed by atoms with Crippen LogP contribution in [-0.2, 0) is 9.53 Å². The molecule has 2 rings (SSSR count). The van der Waals surface area contributed by atoms with E-state index in [0.717, 1.165) is 4.47 Å². The minimum atomic E-state index is -0.173. The number of hydrogen-bond donors (Lipinski definition) is 0. The summed E-state index contributed by atoms with van der Waals surface area (Å²) < 4.78 is 5.54. The van der Waals surface area contributed by atoms with Crippen molar-refractivity contribution in [2.75, 3.05) is 20.2 Å². The fourth-order valence-electron chi connectivity index (χ4n) is 2.29. The molecule has 1 aromatic carbocycles. The number of carbonyl (C=O) groups is 2. The second kappa shape index (κ2) is 6.19. The Kier molecular flexibility index (Phi) is 4.58. The van der Waals surface area contributed by atoms with Crippen LogP contribution < -0.4 is 0 Å². The van der Waals surface area contributed by atoms with Gasteiger partial charge in [0.05, 0.1) is 18.6 Å². The summed E-state index contributed by atoms with van der Waals surface area (Å²) in [5.74, 6) is -0.239. The highest BCUT2D eigenvalue weighted by Crippen LogP contribution is 2.23. The number of benzene rings is 1. The van der Waals surface area contributed by atoms with Gasteiger partial charge in [-0.05, 0) is 40.9 Å². The molecule has 1 heterocycles. The zero-order valence-corrected chi connectivity index (χ0v) is 12.4. The second-order valence-corrected chi connectivity index (χ2v) is 5.42. The highest BCUT2D eigenvalue weighted by atomic mass is 79.9. The molecule has 0 N–H and O–H groups in total. The third-order valence-electron chi connectivity index (χ3n) is 3.42. The Balaban J connectivity index is 2.00. The molecule has 1 aromatic rings. The summed E-state index contributed by atoms with van der Waals surface area (Å²) in [5.41, 5.74) is 0.666. The average molecular weight is 326 g/mol. The molecule has 0 bridgehead atoms. The molecule has 1 aliphatic rings. The maximum Gasteiger partial charge on any atom is 0.308 e. The summed E-state index contributed by atoms with van der Waals surface area (Å²) >= 11 is 3.39. The Bertz CT molecular complexity index is 481. The van der Waals surface area contributed by atoms with Gasteiger partial charge in [0.25, 0.3) is 5.91 Å². The van der Waals surface area contributed by atoms with Gasteiger partial charge < -0.3 is 9.64 Å². The van der Waals surface area contributed by atoms with E-state index in [1.807, 2.05) is 18.2 Å². The number of esters is 1. The molecule has 0 aliphatic carbocycles. The first-order chi connectivity index (χ1) is 9.13. The zero-order chi connectivity index (χ0) is 13.8. The van der Waals surface area contributed by atoms with E-state index in [1.165, 1.54) is 7.11 Å². The van der Waals surface area contributed by atoms with E-state index in [1.54, 1.807) is 11.0 Å². The monoisotopic (exact) mass is 325 g/mol. The van der Waals surface area contributed by atoms with Crippen LogP contribution in [0.1, 0.15) is 23.2 Å². The van der Waals surface area contributed by atoms with E-state index >= 15 is 0 Å². The Hall–Kier alpha value is -1.36. The number of ether oxygens (including phenoxy) is 1. The Morgan fingerprint density at radius 1 is 1.26 bits per heavy atom. The van der Waals surface area contributed by atoms with Crippen LogP contribution in [0.5, 0.6) is 0 Å². The summed E-state index contributed by atoms with van der Waals surface area (Å²) in [6.07, 6.45) is 1.34. The molecule has 102 valence electrons. The molecule has 0 radical (unpaired) electrons. The summed E-state index contributed by atoms with van der Waals surface area (Å²) in [6.45, 7) is 1.19. The third-order valence-corrected chi connectivity index (χ3v) is 4.11. The number of hydrogen-bond acceptors (Lipinski definition) is 3. The first kappa shape index (κ1) is 14.1. The molecular formula is C14H16BrNO3. The lowest BCUT2D eigenvalue weighted by Crippen LogP contribution is -2.40. The summed E-state index contributed by atoms with van der Waals surface area (Å²) in [5, 5.41) is 0. The largest absolute Gasteiger partial charge is 0.469 e. The topological polar surface area (TPSA) is 46.6 Å². The van der Waals surface area contributed by atoms with E-state index < -0.39 is 0 Å². The minimum absolute atomic E-state index is 0.00999. The van der Waals surface area contributed by atoms with Gasteiger partial charge in [-0.1, -0.05) is 12.1 Å². The summed E-state index contributed by atoms with van der Waals surface area (Å²) in [6, 6.07) is 7.39. The number of piperidine rings is 1. The van der Waals surface area contributed by atoms with Crippen molar-refractivity contribution in [1.82, 2.24) is 4.90 Å². The van der Waals surface area contributed by atoms with Crippen LogP contribution in [-0.4, -0.2) is 37.0 Å². The van der Waals surface area contributed by atoms with Gasteiger partial charge in [0.2, 0.25) is 0 Å². The zero-order valence-electron chi connectivity index (χ0n) is 10.8. The molecule has 1 fully saturated rings. The average Bonchev–Trinajstić information content (AvgIpc) is 2.46. The molecule has 1 aliphatic heterocycles. The number of amides is 1. The van der Waals surface area contributed by atoms with Gasteiger partial charge in [-0.25, -0.2) is 0 Å². The maximum atomic E-state index is 12.3. The molecule has 0 spiro atoms. The highest BCUT2D eigenvalue weighted by Gasteiger charge is 2.28. The van der Waals surface area contributed by atoms with Gasteiger partial charge in [-0.15, -0.1) is 0 Å². The molecule has 0 aromatic heterocycles. The van der Waals surface area contributed by atoms with Crippen molar-refractivity contribution < 1.29 is 14.3 Å². The lowest BCUT2D eigenvalue weighted by Gasteiger charge is -2.31. The molecule has 1 saturated heterocycles. The highest BCUT2D eigenvalue weighted by molar-refractivity contribution is 9.10. The van der Waals surface area contributed by atoms with Gasteiger partial charge in [0, 0.05) is 17.6 Å². The van der Waals surface area contributed by atoms with E-state index in [4.69, 9.17) is 4.74 Å². The number of halogens is 1. The lowest BCUT2D eigenvalue weighted by molar-refractivity contribution is -0.146. The van der Waals surface area contributed by atoms with Crippen molar-refractivity contribution >= 4 is 27.8 Å². The Labute approximate surface area is 120 Å². The molecule has 0 atom stereocenters. The molecular weight excluding hydrogens is 310 g/mol. The van der Waals surface area contributed by atoms with E-state index in [2.05, 4.69) is 15.9 Å². The fraction of sp³-hybridized carbons (Fsp3) is 0.429. The van der Waals surface area contributed by atoms with Crippen molar-refractivity contribution in [3.8, 4) is 0 Å². The summed E-state index contributed by atoms with van der Waals surface area (Å²) in [4.78, 5) is 25.6. The predicted molar refractivity (Wildman–Crippen MR) is 74.8 cm³/mol. The number of nitrogens with zero attached hydrogens (tertiary/aromatic N) is 1. The minimum Gasteiger partial charge on any atom is -0.469 e.